The number of azo groups is 1. The summed E-state index contributed by atoms with van der Waals surface area (Å²) < 4.78 is 5.28. The van der Waals surface area contributed by atoms with Crippen LogP contribution in [0.3, 0.4) is 0 Å². The molecular weight excluding hydrogens is 353 g/mol. The van der Waals surface area contributed by atoms with Crippen molar-refractivity contribution in [2.24, 2.45) is 10.2 Å². The van der Waals surface area contributed by atoms with E-state index in [1.165, 1.54) is 6.07 Å². The molecule has 6 nitrogen and oxygen atoms in total. The van der Waals surface area contributed by atoms with Crippen LogP contribution in [-0.2, 0) is 4.79 Å². The van der Waals surface area contributed by atoms with E-state index >= 15 is 0 Å². The molecule has 0 aliphatic rings. The predicted octanol–water partition coefficient (Wildman–Crippen LogP) is 4.87. The van der Waals surface area contributed by atoms with Gasteiger partial charge in [-0.05, 0) is 24.3 Å². The van der Waals surface area contributed by atoms with Crippen molar-refractivity contribution in [2.75, 3.05) is 6.61 Å². The average molecular weight is 364 g/mol. The fraction of sp³-hybridized carbons (Fsp3) is 0.0625. The number of fused-ring (bicyclic) bond motifs is 1. The molecule has 0 aliphatic heterocycles. The number of hydrogen-bond donors (Lipinski definition) is 2. The smallest absolute Gasteiger partial charge is 0.302 e. The zero-order valence-corrected chi connectivity index (χ0v) is 13.7. The first kappa shape index (κ1) is 16.3. The maximum absolute atomic E-state index is 11.8. The van der Waals surface area contributed by atoms with E-state index < -0.39 is 5.91 Å². The topological polar surface area (TPSA) is 87.0 Å². The third-order valence-electron chi connectivity index (χ3n) is 3.17. The van der Waals surface area contributed by atoms with Crippen LogP contribution in [0.4, 0.5) is 5.69 Å². The molecule has 24 heavy (non-hydrogen) atoms. The molecule has 0 saturated heterocycles. The van der Waals surface area contributed by atoms with Gasteiger partial charge in [0, 0.05) is 10.4 Å². The standard InChI is InChI=1S/C16H11Cl2N3O3/c17-9-5-6-13(11(18)7-9)24-8-14(22)20-21-15-10-3-1-2-4-12(10)19-16(15)23/h1-7,19,23H,8H2. The number of halogens is 2. The van der Waals surface area contributed by atoms with Crippen molar-refractivity contribution in [3.8, 4) is 11.6 Å². The molecular formula is C16H11Cl2N3O3. The molecule has 3 rings (SSSR count). The second-order valence-corrected chi connectivity index (χ2v) is 5.67. The van der Waals surface area contributed by atoms with Crippen LogP contribution in [0.15, 0.2) is 52.7 Å². The number of nitrogens with zero attached hydrogens (tertiary/aromatic N) is 2. The van der Waals surface area contributed by atoms with Crippen molar-refractivity contribution in [2.45, 2.75) is 0 Å². The second kappa shape index (κ2) is 6.90. The van der Waals surface area contributed by atoms with Crippen molar-refractivity contribution >= 4 is 45.7 Å². The van der Waals surface area contributed by atoms with E-state index in [-0.39, 0.29) is 18.2 Å². The summed E-state index contributed by atoms with van der Waals surface area (Å²) in [4.78, 5) is 14.5. The maximum atomic E-state index is 11.8. The van der Waals surface area contributed by atoms with Gasteiger partial charge in [-0.15, -0.1) is 10.2 Å². The minimum atomic E-state index is -0.620. The fourth-order valence-corrected chi connectivity index (χ4v) is 2.54. The van der Waals surface area contributed by atoms with E-state index in [2.05, 4.69) is 15.2 Å². The molecule has 3 aromatic rings. The van der Waals surface area contributed by atoms with Gasteiger partial charge < -0.3 is 14.8 Å². The summed E-state index contributed by atoms with van der Waals surface area (Å²) in [5.41, 5.74) is 0.893. The normalized spacial score (nSPS) is 11.2. The highest BCUT2D eigenvalue weighted by Crippen LogP contribution is 2.35. The fourth-order valence-electron chi connectivity index (χ4n) is 2.08. The van der Waals surface area contributed by atoms with Gasteiger partial charge >= 0.3 is 5.91 Å². The lowest BCUT2D eigenvalue weighted by atomic mass is 10.2. The van der Waals surface area contributed by atoms with E-state index in [1.807, 2.05) is 6.07 Å². The summed E-state index contributed by atoms with van der Waals surface area (Å²) >= 11 is 11.7. The number of carbonyl (C=O) groups is 1. The first-order valence-corrected chi connectivity index (χ1v) is 7.62. The number of amides is 1. The number of rotatable bonds is 4. The van der Waals surface area contributed by atoms with Crippen LogP contribution in [0.1, 0.15) is 0 Å². The first-order valence-electron chi connectivity index (χ1n) is 6.86. The lowest BCUT2D eigenvalue weighted by molar-refractivity contribution is -0.120. The van der Waals surface area contributed by atoms with Crippen molar-refractivity contribution < 1.29 is 14.6 Å². The van der Waals surface area contributed by atoms with Gasteiger partial charge in [0.2, 0.25) is 5.88 Å². The Morgan fingerprint density at radius 3 is 2.79 bits per heavy atom. The molecule has 8 heteroatoms. The Kier molecular flexibility index (Phi) is 4.69. The number of carbonyl (C=O) groups excluding carboxylic acids is 1. The van der Waals surface area contributed by atoms with Crippen molar-refractivity contribution in [3.05, 3.63) is 52.5 Å². The van der Waals surface area contributed by atoms with E-state index in [0.717, 1.165) is 0 Å². The number of benzene rings is 2. The number of aromatic nitrogens is 1. The van der Waals surface area contributed by atoms with E-state index in [1.54, 1.807) is 30.3 Å². The van der Waals surface area contributed by atoms with Gasteiger partial charge in [-0.1, -0.05) is 41.4 Å². The van der Waals surface area contributed by atoms with Gasteiger partial charge in [0.05, 0.1) is 10.5 Å². The number of aromatic amines is 1. The number of nitrogens with one attached hydrogen (secondary N) is 1. The number of H-pyrrole nitrogens is 1. The number of hydrogen-bond acceptors (Lipinski definition) is 4. The van der Waals surface area contributed by atoms with Crippen LogP contribution in [-0.4, -0.2) is 22.6 Å². The molecule has 1 heterocycles. The molecule has 1 aromatic heterocycles. The maximum Gasteiger partial charge on any atom is 0.302 e. The zero-order valence-electron chi connectivity index (χ0n) is 12.2. The van der Waals surface area contributed by atoms with Crippen molar-refractivity contribution in [1.82, 2.24) is 4.98 Å². The Morgan fingerprint density at radius 1 is 1.21 bits per heavy atom. The van der Waals surface area contributed by atoms with Crippen LogP contribution >= 0.6 is 23.2 Å². The Bertz CT molecular complexity index is 937. The van der Waals surface area contributed by atoms with Gasteiger partial charge in [-0.3, -0.25) is 4.79 Å². The molecule has 0 fully saturated rings. The summed E-state index contributed by atoms with van der Waals surface area (Å²) in [5.74, 6) is -0.459. The van der Waals surface area contributed by atoms with Gasteiger partial charge in [-0.25, -0.2) is 0 Å². The molecule has 1 amide bonds. The summed E-state index contributed by atoms with van der Waals surface area (Å²) in [6.45, 7) is -0.339. The second-order valence-electron chi connectivity index (χ2n) is 4.82. The van der Waals surface area contributed by atoms with Crippen molar-refractivity contribution in [1.29, 1.82) is 0 Å². The van der Waals surface area contributed by atoms with E-state index in [0.29, 0.717) is 26.7 Å². The summed E-state index contributed by atoms with van der Waals surface area (Å²) in [6.07, 6.45) is 0. The third-order valence-corrected chi connectivity index (χ3v) is 3.70. The van der Waals surface area contributed by atoms with Crippen LogP contribution in [0.2, 0.25) is 10.0 Å². The number of ether oxygens (including phenoxy) is 1. The minimum Gasteiger partial charge on any atom is -0.493 e. The molecule has 2 N–H and O–H groups in total. The third kappa shape index (κ3) is 3.50. The van der Waals surface area contributed by atoms with Gasteiger partial charge in [0.1, 0.15) is 5.75 Å². The van der Waals surface area contributed by atoms with Crippen LogP contribution < -0.4 is 4.74 Å². The zero-order chi connectivity index (χ0) is 17.1. The quantitative estimate of drug-likeness (QED) is 0.648. The molecule has 2 aromatic carbocycles. The largest absolute Gasteiger partial charge is 0.493 e. The van der Waals surface area contributed by atoms with Crippen LogP contribution in [0.25, 0.3) is 10.9 Å². The minimum absolute atomic E-state index is 0.158. The lowest BCUT2D eigenvalue weighted by Crippen LogP contribution is -2.08. The lowest BCUT2D eigenvalue weighted by Gasteiger charge is -2.05. The highest BCUT2D eigenvalue weighted by Gasteiger charge is 2.11. The first-order chi connectivity index (χ1) is 11.5. The molecule has 0 bridgehead atoms. The SMILES string of the molecule is O=C(COc1ccc(Cl)cc1Cl)N=Nc1c(O)[nH]c2ccccc12. The molecule has 0 atom stereocenters. The Hall–Kier alpha value is -2.57. The summed E-state index contributed by atoms with van der Waals surface area (Å²) in [5, 5.41) is 18.6. The number of para-hydroxylation sites is 1. The highest BCUT2D eigenvalue weighted by molar-refractivity contribution is 6.35. The molecule has 0 saturated carbocycles. The van der Waals surface area contributed by atoms with E-state index in [9.17, 15) is 9.90 Å². The molecule has 0 spiro atoms. The Labute approximate surface area is 146 Å². The average Bonchev–Trinajstić information content (AvgIpc) is 2.87. The Balaban J connectivity index is 1.70. The summed E-state index contributed by atoms with van der Waals surface area (Å²) in [7, 11) is 0. The Morgan fingerprint density at radius 2 is 2.00 bits per heavy atom. The summed E-state index contributed by atoms with van der Waals surface area (Å²) in [6, 6.07) is 11.8. The van der Waals surface area contributed by atoms with Gasteiger partial charge in [0.25, 0.3) is 0 Å². The van der Waals surface area contributed by atoms with Crippen molar-refractivity contribution in [3.63, 3.8) is 0 Å². The van der Waals surface area contributed by atoms with Gasteiger partial charge in [0.15, 0.2) is 12.3 Å². The van der Waals surface area contributed by atoms with Gasteiger partial charge in [-0.2, -0.15) is 0 Å². The highest BCUT2D eigenvalue weighted by atomic mass is 35.5. The monoisotopic (exact) mass is 363 g/mol. The van der Waals surface area contributed by atoms with E-state index in [4.69, 9.17) is 27.9 Å². The molecule has 0 radical (unpaired) electrons. The van der Waals surface area contributed by atoms with Crippen LogP contribution in [0, 0.1) is 0 Å². The van der Waals surface area contributed by atoms with Crippen LogP contribution in [0.5, 0.6) is 11.6 Å². The molecule has 0 unspecified atom stereocenters. The molecule has 0 aliphatic carbocycles. The molecule has 122 valence electrons. The number of aromatic hydroxyl groups is 1. The predicted molar refractivity (Wildman–Crippen MR) is 91.4 cm³/mol.